The third-order valence-electron chi connectivity index (χ3n) is 4.83. The van der Waals surface area contributed by atoms with E-state index in [9.17, 15) is 18.0 Å². The zero-order valence-electron chi connectivity index (χ0n) is 15.2. The monoisotopic (exact) mass is 386 g/mol. The van der Waals surface area contributed by atoms with Crippen LogP contribution in [0.25, 0.3) is 0 Å². The molecule has 0 N–H and O–H groups in total. The summed E-state index contributed by atoms with van der Waals surface area (Å²) in [6, 6.07) is 11.5. The van der Waals surface area contributed by atoms with Gasteiger partial charge in [0, 0.05) is 5.56 Å². The van der Waals surface area contributed by atoms with Gasteiger partial charge in [0.25, 0.3) is 0 Å². The van der Waals surface area contributed by atoms with Gasteiger partial charge in [-0.25, -0.2) is 13.2 Å². The molecule has 0 spiro atoms. The Balaban J connectivity index is 1.72. The molecule has 0 bridgehead atoms. The van der Waals surface area contributed by atoms with Crippen molar-refractivity contribution in [2.24, 2.45) is 0 Å². The Kier molecular flexibility index (Phi) is 5.75. The second-order valence-corrected chi connectivity index (χ2v) is 8.84. The highest BCUT2D eigenvalue weighted by molar-refractivity contribution is 7.91. The molecule has 2 aromatic rings. The minimum atomic E-state index is -3.56. The molecule has 0 unspecified atom stereocenters. The lowest BCUT2D eigenvalue weighted by Crippen LogP contribution is -2.18. The summed E-state index contributed by atoms with van der Waals surface area (Å²) in [5.41, 5.74) is 2.92. The van der Waals surface area contributed by atoms with E-state index >= 15 is 0 Å². The van der Waals surface area contributed by atoms with Gasteiger partial charge < -0.3 is 4.74 Å². The summed E-state index contributed by atoms with van der Waals surface area (Å²) >= 11 is 0. The lowest BCUT2D eigenvalue weighted by Gasteiger charge is -2.16. The van der Waals surface area contributed by atoms with Crippen molar-refractivity contribution < 1.29 is 22.7 Å². The van der Waals surface area contributed by atoms with Gasteiger partial charge in [-0.15, -0.1) is 0 Å². The van der Waals surface area contributed by atoms with E-state index in [-0.39, 0.29) is 22.0 Å². The first-order valence-corrected chi connectivity index (χ1v) is 10.7. The highest BCUT2D eigenvalue weighted by atomic mass is 32.2. The van der Waals surface area contributed by atoms with Gasteiger partial charge in [0.2, 0.25) is 0 Å². The highest BCUT2D eigenvalue weighted by Gasteiger charge is 2.22. The maximum absolute atomic E-state index is 12.4. The number of fused-ring (bicyclic) bond motifs is 1. The fourth-order valence-corrected chi connectivity index (χ4v) is 4.34. The highest BCUT2D eigenvalue weighted by Crippen LogP contribution is 2.23. The standard InChI is InChI=1S/C21H22O5S/c1-2-27(24,25)20-10-6-5-9-18(20)21(23)26-14-19(22)17-12-11-15-7-3-4-8-16(15)13-17/h5-6,9-13H,2-4,7-8,14H2,1H3. The molecule has 27 heavy (non-hydrogen) atoms. The molecule has 0 saturated heterocycles. The molecular formula is C21H22O5S. The Morgan fingerprint density at radius 3 is 2.44 bits per heavy atom. The minimum Gasteiger partial charge on any atom is -0.454 e. The van der Waals surface area contributed by atoms with Crippen LogP contribution < -0.4 is 0 Å². The van der Waals surface area contributed by atoms with Gasteiger partial charge in [0.1, 0.15) is 0 Å². The number of carbonyl (C=O) groups excluding carboxylic acids is 2. The lowest BCUT2D eigenvalue weighted by molar-refractivity contribution is 0.0471. The normalized spacial score (nSPS) is 13.7. The molecule has 0 heterocycles. The van der Waals surface area contributed by atoms with Crippen LogP contribution in [-0.4, -0.2) is 32.5 Å². The molecule has 0 aliphatic heterocycles. The number of sulfone groups is 1. The molecule has 0 fully saturated rings. The number of hydrogen-bond donors (Lipinski definition) is 0. The van der Waals surface area contributed by atoms with Crippen LogP contribution >= 0.6 is 0 Å². The van der Waals surface area contributed by atoms with Crippen LogP contribution in [-0.2, 0) is 27.4 Å². The Morgan fingerprint density at radius 2 is 1.70 bits per heavy atom. The van der Waals surface area contributed by atoms with Crippen LogP contribution in [0.1, 0.15) is 51.6 Å². The fraction of sp³-hybridized carbons (Fsp3) is 0.333. The number of carbonyl (C=O) groups is 2. The second-order valence-electron chi connectivity index (χ2n) is 6.59. The fourth-order valence-electron chi connectivity index (χ4n) is 3.26. The summed E-state index contributed by atoms with van der Waals surface area (Å²) < 4.78 is 29.4. The Morgan fingerprint density at radius 1 is 1.00 bits per heavy atom. The summed E-state index contributed by atoms with van der Waals surface area (Å²) in [5, 5.41) is 0. The first-order chi connectivity index (χ1) is 12.9. The van der Waals surface area contributed by atoms with Crippen LogP contribution in [0.2, 0.25) is 0 Å². The number of hydrogen-bond acceptors (Lipinski definition) is 5. The molecule has 3 rings (SSSR count). The van der Waals surface area contributed by atoms with Crippen LogP contribution in [0.4, 0.5) is 0 Å². The van der Waals surface area contributed by atoms with Crippen molar-refractivity contribution in [1.29, 1.82) is 0 Å². The molecule has 0 saturated carbocycles. The third-order valence-corrected chi connectivity index (χ3v) is 6.61. The SMILES string of the molecule is CCS(=O)(=O)c1ccccc1C(=O)OCC(=O)c1ccc2c(c1)CCCC2. The summed E-state index contributed by atoms with van der Waals surface area (Å²) in [7, 11) is -3.56. The van der Waals surface area contributed by atoms with Gasteiger partial charge >= 0.3 is 5.97 Å². The van der Waals surface area contributed by atoms with E-state index in [2.05, 4.69) is 0 Å². The van der Waals surface area contributed by atoms with Gasteiger partial charge in [0.05, 0.1) is 16.2 Å². The average molecular weight is 386 g/mol. The Labute approximate surface area is 159 Å². The summed E-state index contributed by atoms with van der Waals surface area (Å²) in [5.74, 6) is -1.23. The molecule has 0 amide bonds. The number of benzene rings is 2. The molecule has 6 heteroatoms. The van der Waals surface area contributed by atoms with E-state index in [0.29, 0.717) is 5.56 Å². The lowest BCUT2D eigenvalue weighted by atomic mass is 9.90. The van der Waals surface area contributed by atoms with E-state index in [1.165, 1.54) is 30.2 Å². The third kappa shape index (κ3) is 4.27. The predicted molar refractivity (Wildman–Crippen MR) is 102 cm³/mol. The predicted octanol–water partition coefficient (Wildman–Crippen LogP) is 3.40. The molecule has 1 aliphatic carbocycles. The molecular weight excluding hydrogens is 364 g/mol. The molecule has 142 valence electrons. The number of ketones is 1. The molecule has 2 aromatic carbocycles. The average Bonchev–Trinajstić information content (AvgIpc) is 2.71. The molecule has 0 radical (unpaired) electrons. The Hall–Kier alpha value is -2.47. The first-order valence-electron chi connectivity index (χ1n) is 9.06. The van der Waals surface area contributed by atoms with Crippen LogP contribution in [0.15, 0.2) is 47.4 Å². The van der Waals surface area contributed by atoms with Crippen LogP contribution in [0, 0.1) is 0 Å². The van der Waals surface area contributed by atoms with Crippen molar-refractivity contribution in [2.75, 3.05) is 12.4 Å². The number of esters is 1. The van der Waals surface area contributed by atoms with E-state index in [1.54, 1.807) is 18.2 Å². The Bertz CT molecular complexity index is 976. The van der Waals surface area contributed by atoms with Crippen molar-refractivity contribution in [3.63, 3.8) is 0 Å². The van der Waals surface area contributed by atoms with E-state index < -0.39 is 22.4 Å². The number of ether oxygens (including phenoxy) is 1. The number of Topliss-reactive ketones (excluding diaryl/α,β-unsaturated/α-hetero) is 1. The van der Waals surface area contributed by atoms with Gasteiger partial charge in [-0.05, 0) is 55.0 Å². The molecule has 0 aromatic heterocycles. The van der Waals surface area contributed by atoms with Gasteiger partial charge in [-0.1, -0.05) is 31.2 Å². The van der Waals surface area contributed by atoms with Crippen molar-refractivity contribution in [3.8, 4) is 0 Å². The van der Waals surface area contributed by atoms with E-state index in [0.717, 1.165) is 25.7 Å². The number of rotatable bonds is 6. The largest absolute Gasteiger partial charge is 0.454 e. The topological polar surface area (TPSA) is 77.5 Å². The summed E-state index contributed by atoms with van der Waals surface area (Å²) in [4.78, 5) is 24.7. The van der Waals surface area contributed by atoms with Crippen LogP contribution in [0.5, 0.6) is 0 Å². The zero-order valence-corrected chi connectivity index (χ0v) is 16.1. The van der Waals surface area contributed by atoms with Crippen LogP contribution in [0.3, 0.4) is 0 Å². The maximum atomic E-state index is 12.4. The smallest absolute Gasteiger partial charge is 0.339 e. The molecule has 0 atom stereocenters. The molecule has 5 nitrogen and oxygen atoms in total. The van der Waals surface area contributed by atoms with Crippen molar-refractivity contribution in [3.05, 3.63) is 64.7 Å². The molecule has 1 aliphatic rings. The van der Waals surface area contributed by atoms with Gasteiger partial charge in [-0.2, -0.15) is 0 Å². The number of aryl methyl sites for hydroxylation is 2. The van der Waals surface area contributed by atoms with Gasteiger partial charge in [0.15, 0.2) is 22.2 Å². The summed E-state index contributed by atoms with van der Waals surface area (Å²) in [6.45, 7) is 1.09. The maximum Gasteiger partial charge on any atom is 0.339 e. The quantitative estimate of drug-likeness (QED) is 0.562. The summed E-state index contributed by atoms with van der Waals surface area (Å²) in [6.07, 6.45) is 4.26. The van der Waals surface area contributed by atoms with E-state index in [1.807, 2.05) is 12.1 Å². The second kappa shape index (κ2) is 8.05. The van der Waals surface area contributed by atoms with Crippen molar-refractivity contribution in [2.45, 2.75) is 37.5 Å². The minimum absolute atomic E-state index is 0.0439. The zero-order chi connectivity index (χ0) is 19.4. The van der Waals surface area contributed by atoms with Crippen molar-refractivity contribution in [1.82, 2.24) is 0 Å². The first kappa shape index (κ1) is 19.3. The van der Waals surface area contributed by atoms with Gasteiger partial charge in [-0.3, -0.25) is 4.79 Å². The van der Waals surface area contributed by atoms with E-state index in [4.69, 9.17) is 4.74 Å². The van der Waals surface area contributed by atoms with Crippen molar-refractivity contribution >= 4 is 21.6 Å².